The van der Waals surface area contributed by atoms with E-state index in [0.717, 1.165) is 18.9 Å². The number of hydrogen-bond acceptors (Lipinski definition) is 5. The molecule has 2 aromatic rings. The molecular weight excluding hydrogens is 387 g/mol. The molecule has 0 unspecified atom stereocenters. The van der Waals surface area contributed by atoms with Crippen molar-refractivity contribution in [1.29, 1.82) is 0 Å². The fraction of sp³-hybridized carbons (Fsp3) is 0.316. The standard InChI is InChI=1S/C19H23FN2O5S/c1-4-5-10-21-19(23)14-11-13(12-17(26-2)18(14)27-3)28(24,25)22-16-9-7-6-8-15(16)20/h6-9,11-12,22H,4-5,10H2,1-3H3,(H,21,23). The van der Waals surface area contributed by atoms with Crippen LogP contribution in [0.4, 0.5) is 10.1 Å². The number of hydrogen-bond donors (Lipinski definition) is 2. The number of amides is 1. The molecule has 1 amide bonds. The van der Waals surface area contributed by atoms with Crippen molar-refractivity contribution in [2.45, 2.75) is 24.7 Å². The summed E-state index contributed by atoms with van der Waals surface area (Å²) in [6.07, 6.45) is 1.67. The van der Waals surface area contributed by atoms with E-state index in [0.29, 0.717) is 6.54 Å². The molecule has 0 fully saturated rings. The van der Waals surface area contributed by atoms with Crippen molar-refractivity contribution in [3.05, 3.63) is 47.8 Å². The maximum absolute atomic E-state index is 13.8. The fourth-order valence-electron chi connectivity index (χ4n) is 2.48. The van der Waals surface area contributed by atoms with E-state index in [2.05, 4.69) is 10.0 Å². The molecule has 0 bridgehead atoms. The van der Waals surface area contributed by atoms with Crippen LogP contribution in [0.25, 0.3) is 0 Å². The van der Waals surface area contributed by atoms with Crippen LogP contribution in [-0.2, 0) is 10.0 Å². The maximum Gasteiger partial charge on any atom is 0.262 e. The van der Waals surface area contributed by atoms with E-state index < -0.39 is 21.7 Å². The number of nitrogens with one attached hydrogen (secondary N) is 2. The van der Waals surface area contributed by atoms with E-state index in [4.69, 9.17) is 9.47 Å². The number of carbonyl (C=O) groups is 1. The quantitative estimate of drug-likeness (QED) is 0.620. The Labute approximate surface area is 163 Å². The van der Waals surface area contributed by atoms with Gasteiger partial charge in [0.2, 0.25) is 0 Å². The molecule has 7 nitrogen and oxygen atoms in total. The number of unbranched alkanes of at least 4 members (excludes halogenated alkanes) is 1. The Kier molecular flexibility index (Phi) is 7.22. The highest BCUT2D eigenvalue weighted by molar-refractivity contribution is 7.92. The number of rotatable bonds is 9. The van der Waals surface area contributed by atoms with E-state index in [9.17, 15) is 17.6 Å². The van der Waals surface area contributed by atoms with Crippen molar-refractivity contribution < 1.29 is 27.1 Å². The molecule has 0 aliphatic rings. The Balaban J connectivity index is 2.47. The normalized spacial score (nSPS) is 11.0. The molecule has 0 radical (unpaired) electrons. The molecule has 2 N–H and O–H groups in total. The van der Waals surface area contributed by atoms with Crippen molar-refractivity contribution in [3.8, 4) is 11.5 Å². The molecule has 2 rings (SSSR count). The third-order valence-electron chi connectivity index (χ3n) is 3.94. The lowest BCUT2D eigenvalue weighted by molar-refractivity contribution is 0.0949. The summed E-state index contributed by atoms with van der Waals surface area (Å²) < 4.78 is 52.0. The fourth-order valence-corrected chi connectivity index (χ4v) is 3.59. The Morgan fingerprint density at radius 3 is 2.46 bits per heavy atom. The number of ether oxygens (including phenoxy) is 2. The molecule has 0 saturated carbocycles. The highest BCUT2D eigenvalue weighted by Gasteiger charge is 2.24. The van der Waals surface area contributed by atoms with Gasteiger partial charge in [0.1, 0.15) is 5.82 Å². The minimum atomic E-state index is -4.18. The van der Waals surface area contributed by atoms with Gasteiger partial charge < -0.3 is 14.8 Å². The van der Waals surface area contributed by atoms with Crippen molar-refractivity contribution in [2.75, 3.05) is 25.5 Å². The van der Waals surface area contributed by atoms with Crippen molar-refractivity contribution in [3.63, 3.8) is 0 Å². The zero-order valence-corrected chi connectivity index (χ0v) is 16.7. The number of benzene rings is 2. The summed E-state index contributed by atoms with van der Waals surface area (Å²) >= 11 is 0. The highest BCUT2D eigenvalue weighted by Crippen LogP contribution is 2.35. The van der Waals surface area contributed by atoms with Gasteiger partial charge in [0.15, 0.2) is 11.5 Å². The molecule has 0 aliphatic carbocycles. The number of halogens is 1. The lowest BCUT2D eigenvalue weighted by Gasteiger charge is -2.16. The molecule has 28 heavy (non-hydrogen) atoms. The molecule has 0 saturated heterocycles. The molecule has 2 aromatic carbocycles. The van der Waals surface area contributed by atoms with Gasteiger partial charge in [-0.1, -0.05) is 25.5 Å². The SMILES string of the molecule is CCCCNC(=O)c1cc(S(=O)(=O)Nc2ccccc2F)cc(OC)c1OC. The van der Waals surface area contributed by atoms with Gasteiger partial charge >= 0.3 is 0 Å². The number of anilines is 1. The monoisotopic (exact) mass is 410 g/mol. The summed E-state index contributed by atoms with van der Waals surface area (Å²) in [5.41, 5.74) is -0.196. The van der Waals surface area contributed by atoms with Gasteiger partial charge in [-0.25, -0.2) is 12.8 Å². The first-order valence-corrected chi connectivity index (χ1v) is 10.1. The third-order valence-corrected chi connectivity index (χ3v) is 5.29. The van der Waals surface area contributed by atoms with Gasteiger partial charge in [-0.3, -0.25) is 9.52 Å². The van der Waals surface area contributed by atoms with E-state index >= 15 is 0 Å². The van der Waals surface area contributed by atoms with Crippen LogP contribution in [0.5, 0.6) is 11.5 Å². The molecule has 0 aliphatic heterocycles. The van der Waals surface area contributed by atoms with Crippen LogP contribution in [0.3, 0.4) is 0 Å². The Morgan fingerprint density at radius 2 is 1.86 bits per heavy atom. The first-order chi connectivity index (χ1) is 13.3. The summed E-state index contributed by atoms with van der Waals surface area (Å²) in [4.78, 5) is 12.3. The largest absolute Gasteiger partial charge is 0.493 e. The second kappa shape index (κ2) is 9.41. The van der Waals surface area contributed by atoms with Crippen LogP contribution in [0.1, 0.15) is 30.1 Å². The lowest BCUT2D eigenvalue weighted by atomic mass is 10.1. The molecular formula is C19H23FN2O5S. The van der Waals surface area contributed by atoms with Crippen molar-refractivity contribution in [1.82, 2.24) is 5.32 Å². The van der Waals surface area contributed by atoms with Gasteiger partial charge in [0.05, 0.1) is 30.4 Å². The minimum absolute atomic E-state index is 0.00635. The first-order valence-electron chi connectivity index (χ1n) is 8.65. The number of carbonyl (C=O) groups excluding carboxylic acids is 1. The van der Waals surface area contributed by atoms with E-state index in [1.807, 2.05) is 6.92 Å². The van der Waals surface area contributed by atoms with Gasteiger partial charge in [-0.2, -0.15) is 0 Å². The summed E-state index contributed by atoms with van der Waals surface area (Å²) in [5.74, 6) is -1.03. The summed E-state index contributed by atoms with van der Waals surface area (Å²) in [5, 5.41) is 2.71. The lowest BCUT2D eigenvalue weighted by Crippen LogP contribution is -2.25. The van der Waals surface area contributed by atoms with Crippen molar-refractivity contribution in [2.24, 2.45) is 0 Å². The average molecular weight is 410 g/mol. The predicted octanol–water partition coefficient (Wildman–Crippen LogP) is 3.17. The predicted molar refractivity (Wildman–Crippen MR) is 104 cm³/mol. The Hall–Kier alpha value is -2.81. The smallest absolute Gasteiger partial charge is 0.262 e. The van der Waals surface area contributed by atoms with Crippen LogP contribution in [0.15, 0.2) is 41.3 Å². The van der Waals surface area contributed by atoms with E-state index in [1.165, 1.54) is 44.6 Å². The number of para-hydroxylation sites is 1. The molecule has 0 aromatic heterocycles. The highest BCUT2D eigenvalue weighted by atomic mass is 32.2. The van der Waals surface area contributed by atoms with Gasteiger partial charge in [-0.15, -0.1) is 0 Å². The summed E-state index contributed by atoms with van der Waals surface area (Å²) in [7, 11) is -1.50. The number of methoxy groups -OCH3 is 2. The van der Waals surface area contributed by atoms with Crippen LogP contribution < -0.4 is 19.5 Å². The van der Waals surface area contributed by atoms with Crippen molar-refractivity contribution >= 4 is 21.6 Å². The van der Waals surface area contributed by atoms with Crippen LogP contribution in [0, 0.1) is 5.82 Å². The third kappa shape index (κ3) is 4.92. The van der Waals surface area contributed by atoms with Gasteiger partial charge in [-0.05, 0) is 24.6 Å². The molecule has 0 atom stereocenters. The molecule has 0 heterocycles. The Morgan fingerprint density at radius 1 is 1.14 bits per heavy atom. The number of sulfonamides is 1. The summed E-state index contributed by atoms with van der Waals surface area (Å²) in [6, 6.07) is 7.77. The van der Waals surface area contributed by atoms with Crippen LogP contribution >= 0.6 is 0 Å². The first kappa shape index (κ1) is 21.5. The summed E-state index contributed by atoms with van der Waals surface area (Å²) in [6.45, 7) is 2.42. The van der Waals surface area contributed by atoms with Crippen LogP contribution in [0.2, 0.25) is 0 Å². The molecule has 152 valence electrons. The van der Waals surface area contributed by atoms with Gasteiger partial charge in [0, 0.05) is 12.6 Å². The molecule has 9 heteroatoms. The topological polar surface area (TPSA) is 93.7 Å². The Bertz CT molecular complexity index is 947. The zero-order chi connectivity index (χ0) is 20.7. The van der Waals surface area contributed by atoms with E-state index in [-0.39, 0.29) is 27.6 Å². The second-order valence-corrected chi connectivity index (χ2v) is 7.58. The zero-order valence-electron chi connectivity index (χ0n) is 15.9. The average Bonchev–Trinajstić information content (AvgIpc) is 2.68. The maximum atomic E-state index is 13.8. The second-order valence-electron chi connectivity index (χ2n) is 5.90. The molecule has 0 spiro atoms. The minimum Gasteiger partial charge on any atom is -0.493 e. The van der Waals surface area contributed by atoms with E-state index in [1.54, 1.807) is 0 Å². The van der Waals surface area contributed by atoms with Gasteiger partial charge in [0.25, 0.3) is 15.9 Å². The van der Waals surface area contributed by atoms with Crippen LogP contribution in [-0.4, -0.2) is 35.1 Å².